The van der Waals surface area contributed by atoms with Crippen LogP contribution in [0.25, 0.3) is 22.8 Å². The maximum absolute atomic E-state index is 12.4. The maximum Gasteiger partial charge on any atom is 0.335 e. The van der Waals surface area contributed by atoms with E-state index in [0.717, 1.165) is 28.1 Å². The number of aromatic amines is 1. The van der Waals surface area contributed by atoms with Crippen molar-refractivity contribution in [2.75, 3.05) is 5.32 Å². The van der Waals surface area contributed by atoms with Gasteiger partial charge in [-0.15, -0.1) is 0 Å². The zero-order chi connectivity index (χ0) is 17.4. The van der Waals surface area contributed by atoms with Gasteiger partial charge in [0.2, 0.25) is 0 Å². The van der Waals surface area contributed by atoms with Crippen molar-refractivity contribution in [2.24, 2.45) is 0 Å². The van der Waals surface area contributed by atoms with Crippen LogP contribution in [0.3, 0.4) is 0 Å². The molecule has 25 heavy (non-hydrogen) atoms. The Kier molecular flexibility index (Phi) is 3.47. The van der Waals surface area contributed by atoms with Crippen molar-refractivity contribution in [3.8, 4) is 11.1 Å². The molecule has 0 spiro atoms. The van der Waals surface area contributed by atoms with E-state index in [0.29, 0.717) is 5.57 Å². The first kappa shape index (κ1) is 15.0. The summed E-state index contributed by atoms with van der Waals surface area (Å²) in [6, 6.07) is 16.0. The third-order valence-electron chi connectivity index (χ3n) is 4.17. The molecule has 2 aromatic carbocycles. The molecule has 0 radical (unpaired) electrons. The fourth-order valence-corrected chi connectivity index (χ4v) is 3.04. The van der Waals surface area contributed by atoms with Crippen LogP contribution in [0.15, 0.2) is 60.8 Å². The van der Waals surface area contributed by atoms with Crippen molar-refractivity contribution in [2.45, 2.75) is 0 Å². The highest BCUT2D eigenvalue weighted by molar-refractivity contribution is 6.36. The van der Waals surface area contributed by atoms with Crippen LogP contribution in [0.2, 0.25) is 0 Å². The van der Waals surface area contributed by atoms with Crippen molar-refractivity contribution in [1.82, 2.24) is 4.98 Å². The number of nitrogens with one attached hydrogen (secondary N) is 2. The summed E-state index contributed by atoms with van der Waals surface area (Å²) in [7, 11) is 0. The second kappa shape index (κ2) is 5.79. The van der Waals surface area contributed by atoms with Gasteiger partial charge < -0.3 is 15.4 Å². The number of aromatic carboxylic acids is 1. The number of H-pyrrole nitrogens is 1. The molecule has 3 N–H and O–H groups in total. The summed E-state index contributed by atoms with van der Waals surface area (Å²) in [5.74, 6) is -1.16. The molecule has 0 atom stereocenters. The third kappa shape index (κ3) is 2.61. The smallest absolute Gasteiger partial charge is 0.335 e. The molecule has 1 aliphatic rings. The Morgan fingerprint density at radius 1 is 1.04 bits per heavy atom. The largest absolute Gasteiger partial charge is 0.478 e. The Morgan fingerprint density at radius 2 is 1.88 bits per heavy atom. The van der Waals surface area contributed by atoms with Gasteiger partial charge in [0.15, 0.2) is 0 Å². The van der Waals surface area contributed by atoms with Crippen molar-refractivity contribution in [1.29, 1.82) is 0 Å². The van der Waals surface area contributed by atoms with Gasteiger partial charge in [0.25, 0.3) is 5.91 Å². The van der Waals surface area contributed by atoms with E-state index in [2.05, 4.69) is 10.3 Å². The number of hydrogen-bond donors (Lipinski definition) is 3. The highest BCUT2D eigenvalue weighted by Crippen LogP contribution is 2.40. The van der Waals surface area contributed by atoms with Gasteiger partial charge in [-0.3, -0.25) is 4.79 Å². The molecule has 4 rings (SSSR count). The molecule has 0 fully saturated rings. The monoisotopic (exact) mass is 330 g/mol. The van der Waals surface area contributed by atoms with Gasteiger partial charge >= 0.3 is 5.97 Å². The van der Waals surface area contributed by atoms with Crippen LogP contribution >= 0.6 is 0 Å². The number of anilines is 1. The molecule has 0 unspecified atom stereocenters. The Hall–Kier alpha value is -3.60. The number of carboxylic acid groups (broad SMARTS) is 1. The molecular formula is C20H14N2O3. The Morgan fingerprint density at radius 3 is 2.64 bits per heavy atom. The fourth-order valence-electron chi connectivity index (χ4n) is 3.04. The molecule has 0 saturated carbocycles. The van der Waals surface area contributed by atoms with Crippen LogP contribution in [-0.4, -0.2) is 22.0 Å². The number of aromatic nitrogens is 1. The fraction of sp³-hybridized carbons (Fsp3) is 0. The minimum absolute atomic E-state index is 0.175. The van der Waals surface area contributed by atoms with Crippen molar-refractivity contribution < 1.29 is 14.7 Å². The summed E-state index contributed by atoms with van der Waals surface area (Å²) in [5.41, 5.74) is 4.66. The summed E-state index contributed by atoms with van der Waals surface area (Å²) >= 11 is 0. The molecule has 1 aromatic heterocycles. The normalized spacial score (nSPS) is 14.4. The highest BCUT2D eigenvalue weighted by Gasteiger charge is 2.27. The van der Waals surface area contributed by atoms with E-state index in [9.17, 15) is 14.7 Å². The summed E-state index contributed by atoms with van der Waals surface area (Å²) in [5, 5.41) is 12.1. The maximum atomic E-state index is 12.4. The Balaban J connectivity index is 1.91. The Labute approximate surface area is 143 Å². The molecule has 5 heteroatoms. The number of hydrogen-bond acceptors (Lipinski definition) is 2. The van der Waals surface area contributed by atoms with Gasteiger partial charge in [0, 0.05) is 23.1 Å². The van der Waals surface area contributed by atoms with Gasteiger partial charge in [0.1, 0.15) is 0 Å². The molecule has 2 heterocycles. The molecule has 0 aliphatic carbocycles. The molecular weight excluding hydrogens is 316 g/mol. The van der Waals surface area contributed by atoms with Crippen LogP contribution in [0, 0.1) is 0 Å². The Bertz CT molecular complexity index is 1020. The van der Waals surface area contributed by atoms with Crippen LogP contribution in [0.1, 0.15) is 21.6 Å². The van der Waals surface area contributed by atoms with E-state index < -0.39 is 5.97 Å². The van der Waals surface area contributed by atoms with Crippen LogP contribution in [0.4, 0.5) is 5.69 Å². The molecule has 0 bridgehead atoms. The molecule has 3 aromatic rings. The zero-order valence-electron chi connectivity index (χ0n) is 13.1. The predicted molar refractivity (Wildman–Crippen MR) is 96.1 cm³/mol. The number of carbonyl (C=O) groups excluding carboxylic acids is 1. The quantitative estimate of drug-likeness (QED) is 0.638. The number of rotatable bonds is 3. The van der Waals surface area contributed by atoms with Crippen molar-refractivity contribution in [3.05, 3.63) is 77.6 Å². The number of carboxylic acids is 1. The van der Waals surface area contributed by atoms with Crippen LogP contribution < -0.4 is 5.32 Å². The van der Waals surface area contributed by atoms with Gasteiger partial charge in [0.05, 0.1) is 11.1 Å². The predicted octanol–water partition coefficient (Wildman–Crippen LogP) is 3.87. The van der Waals surface area contributed by atoms with E-state index in [4.69, 9.17) is 0 Å². The van der Waals surface area contributed by atoms with Gasteiger partial charge in [-0.1, -0.05) is 24.3 Å². The summed E-state index contributed by atoms with van der Waals surface area (Å²) in [6.45, 7) is 0. The van der Waals surface area contributed by atoms with Gasteiger partial charge in [-0.05, 0) is 47.5 Å². The highest BCUT2D eigenvalue weighted by atomic mass is 16.4. The standard InChI is InChI=1S/C20H14N2O3/c23-19-16(11-14-6-3-9-21-14)18-15(7-2-8-17(18)22-19)12-4-1-5-13(10-12)20(24)25/h1-11,21H,(H,22,23)(H,24,25). The van der Waals surface area contributed by atoms with E-state index in [1.165, 1.54) is 0 Å². The molecule has 122 valence electrons. The lowest BCUT2D eigenvalue weighted by Crippen LogP contribution is -2.03. The number of amides is 1. The van der Waals surface area contributed by atoms with Gasteiger partial charge in [-0.2, -0.15) is 0 Å². The van der Waals surface area contributed by atoms with E-state index in [-0.39, 0.29) is 11.5 Å². The van der Waals surface area contributed by atoms with E-state index in [1.807, 2.05) is 36.4 Å². The van der Waals surface area contributed by atoms with Crippen molar-refractivity contribution >= 4 is 29.2 Å². The molecule has 0 saturated heterocycles. The molecule has 5 nitrogen and oxygen atoms in total. The minimum Gasteiger partial charge on any atom is -0.478 e. The summed E-state index contributed by atoms with van der Waals surface area (Å²) in [6.07, 6.45) is 3.59. The summed E-state index contributed by atoms with van der Waals surface area (Å²) < 4.78 is 0. The lowest BCUT2D eigenvalue weighted by molar-refractivity contribution is -0.110. The van der Waals surface area contributed by atoms with E-state index in [1.54, 1.807) is 30.5 Å². The van der Waals surface area contributed by atoms with Gasteiger partial charge in [-0.25, -0.2) is 4.79 Å². The summed E-state index contributed by atoms with van der Waals surface area (Å²) in [4.78, 5) is 26.8. The van der Waals surface area contributed by atoms with Crippen LogP contribution in [0.5, 0.6) is 0 Å². The molecule has 1 amide bonds. The second-order valence-corrected chi connectivity index (χ2v) is 5.75. The lowest BCUT2D eigenvalue weighted by atomic mass is 9.93. The average Bonchev–Trinajstić information content (AvgIpc) is 3.23. The zero-order valence-corrected chi connectivity index (χ0v) is 13.1. The minimum atomic E-state index is -0.981. The topological polar surface area (TPSA) is 82.2 Å². The SMILES string of the molecule is O=C1Nc2cccc(-c3cccc(C(=O)O)c3)c2C1=Cc1ccc[nH]1. The van der Waals surface area contributed by atoms with Crippen molar-refractivity contribution in [3.63, 3.8) is 0 Å². The number of fused-ring (bicyclic) bond motifs is 1. The first-order chi connectivity index (χ1) is 12.1. The first-order valence-corrected chi connectivity index (χ1v) is 7.77. The molecule has 1 aliphatic heterocycles. The number of carbonyl (C=O) groups is 2. The third-order valence-corrected chi connectivity index (χ3v) is 4.17. The van der Waals surface area contributed by atoms with Crippen LogP contribution in [-0.2, 0) is 4.79 Å². The van der Waals surface area contributed by atoms with E-state index >= 15 is 0 Å². The second-order valence-electron chi connectivity index (χ2n) is 5.75. The number of benzene rings is 2. The average molecular weight is 330 g/mol. The lowest BCUT2D eigenvalue weighted by Gasteiger charge is -2.09. The first-order valence-electron chi connectivity index (χ1n) is 7.77.